The number of rotatable bonds is 6. The lowest BCUT2D eigenvalue weighted by Gasteiger charge is -2.33. The number of carbonyl (C=O) groups excluding carboxylic acids is 2. The third kappa shape index (κ3) is 5.30. The van der Waals surface area contributed by atoms with E-state index in [2.05, 4.69) is 5.32 Å². The Morgan fingerprint density at radius 2 is 1.82 bits per heavy atom. The Morgan fingerprint density at radius 3 is 2.32 bits per heavy atom. The van der Waals surface area contributed by atoms with Gasteiger partial charge in [-0.3, -0.25) is 9.59 Å². The third-order valence-electron chi connectivity index (χ3n) is 4.72. The van der Waals surface area contributed by atoms with E-state index in [-0.39, 0.29) is 35.2 Å². The number of piperidine rings is 1. The first-order valence-electron chi connectivity index (χ1n) is 9.19. The maximum absolute atomic E-state index is 12.6. The second-order valence-electron chi connectivity index (χ2n) is 7.22. The first kappa shape index (κ1) is 21.9. The minimum Gasteiger partial charge on any atom is -0.352 e. The van der Waals surface area contributed by atoms with E-state index < -0.39 is 10.0 Å². The van der Waals surface area contributed by atoms with E-state index in [1.165, 1.54) is 31.3 Å². The number of nitrogens with zero attached hydrogens (tertiary/aromatic N) is 3. The van der Waals surface area contributed by atoms with Crippen molar-refractivity contribution in [1.82, 2.24) is 14.5 Å². The van der Waals surface area contributed by atoms with E-state index in [0.29, 0.717) is 31.5 Å². The molecule has 1 heterocycles. The summed E-state index contributed by atoms with van der Waals surface area (Å²) in [5.41, 5.74) is 0.363. The molecular formula is C19H26N4O4S. The van der Waals surface area contributed by atoms with Gasteiger partial charge in [-0.1, -0.05) is 13.8 Å². The van der Waals surface area contributed by atoms with Gasteiger partial charge in [0, 0.05) is 32.1 Å². The Kier molecular flexibility index (Phi) is 7.16. The van der Waals surface area contributed by atoms with Crippen molar-refractivity contribution in [3.05, 3.63) is 29.8 Å². The van der Waals surface area contributed by atoms with Gasteiger partial charge in [-0.15, -0.1) is 0 Å². The fraction of sp³-hybridized carbons (Fsp3) is 0.526. The van der Waals surface area contributed by atoms with Gasteiger partial charge >= 0.3 is 0 Å². The molecule has 2 rings (SSSR count). The van der Waals surface area contributed by atoms with Gasteiger partial charge in [0.15, 0.2) is 0 Å². The second kappa shape index (κ2) is 9.17. The number of nitriles is 1. The van der Waals surface area contributed by atoms with Crippen LogP contribution in [0.15, 0.2) is 29.2 Å². The number of nitrogens with one attached hydrogen (secondary N) is 1. The molecule has 1 aromatic carbocycles. The van der Waals surface area contributed by atoms with Crippen molar-refractivity contribution >= 4 is 21.8 Å². The highest BCUT2D eigenvalue weighted by atomic mass is 32.2. The van der Waals surface area contributed by atoms with Crippen LogP contribution in [-0.4, -0.2) is 62.2 Å². The van der Waals surface area contributed by atoms with Crippen molar-refractivity contribution in [3.63, 3.8) is 0 Å². The van der Waals surface area contributed by atoms with E-state index in [9.17, 15) is 18.0 Å². The minimum absolute atomic E-state index is 0.0299. The van der Waals surface area contributed by atoms with Crippen LogP contribution in [0.2, 0.25) is 0 Å². The molecule has 1 fully saturated rings. The van der Waals surface area contributed by atoms with Crippen molar-refractivity contribution in [3.8, 4) is 6.07 Å². The number of sulfonamides is 1. The van der Waals surface area contributed by atoms with E-state index in [1.807, 2.05) is 19.9 Å². The van der Waals surface area contributed by atoms with Gasteiger partial charge in [0.1, 0.15) is 0 Å². The van der Waals surface area contributed by atoms with Crippen LogP contribution in [0.1, 0.15) is 32.3 Å². The largest absolute Gasteiger partial charge is 0.352 e. The maximum Gasteiger partial charge on any atom is 0.243 e. The Labute approximate surface area is 166 Å². The molecule has 0 unspecified atom stereocenters. The molecule has 0 aromatic heterocycles. The summed E-state index contributed by atoms with van der Waals surface area (Å²) in [6.07, 6.45) is 1.30. The number of amides is 2. The van der Waals surface area contributed by atoms with Crippen molar-refractivity contribution in [2.24, 2.45) is 5.92 Å². The zero-order valence-electron chi connectivity index (χ0n) is 16.4. The van der Waals surface area contributed by atoms with Gasteiger partial charge in [-0.2, -0.15) is 9.57 Å². The summed E-state index contributed by atoms with van der Waals surface area (Å²) in [4.78, 5) is 26.1. The van der Waals surface area contributed by atoms with Crippen molar-refractivity contribution in [1.29, 1.82) is 5.26 Å². The van der Waals surface area contributed by atoms with E-state index in [0.717, 1.165) is 4.31 Å². The summed E-state index contributed by atoms with van der Waals surface area (Å²) in [5.74, 6) is -0.321. The Balaban J connectivity index is 1.89. The van der Waals surface area contributed by atoms with Gasteiger partial charge in [0.25, 0.3) is 0 Å². The highest BCUT2D eigenvalue weighted by Crippen LogP contribution is 2.16. The number of hydrogen-bond acceptors (Lipinski definition) is 5. The Morgan fingerprint density at radius 1 is 1.25 bits per heavy atom. The average molecular weight is 407 g/mol. The Hall–Kier alpha value is -2.44. The predicted octanol–water partition coefficient (Wildman–Crippen LogP) is 0.942. The van der Waals surface area contributed by atoms with Crippen LogP contribution in [0.5, 0.6) is 0 Å². The van der Waals surface area contributed by atoms with Gasteiger partial charge in [-0.25, -0.2) is 8.42 Å². The van der Waals surface area contributed by atoms with Crippen LogP contribution in [0.25, 0.3) is 0 Å². The van der Waals surface area contributed by atoms with Gasteiger partial charge in [-0.05, 0) is 37.1 Å². The Bertz CT molecular complexity index is 851. The molecule has 0 saturated carbocycles. The molecule has 152 valence electrons. The molecule has 0 spiro atoms. The van der Waals surface area contributed by atoms with E-state index in [1.54, 1.807) is 4.90 Å². The quantitative estimate of drug-likeness (QED) is 0.756. The van der Waals surface area contributed by atoms with Crippen LogP contribution in [0.3, 0.4) is 0 Å². The minimum atomic E-state index is -3.82. The van der Waals surface area contributed by atoms with E-state index in [4.69, 9.17) is 5.26 Å². The summed E-state index contributed by atoms with van der Waals surface area (Å²) in [7, 11) is -2.47. The molecule has 0 radical (unpaired) electrons. The molecule has 1 saturated heterocycles. The van der Waals surface area contributed by atoms with Crippen LogP contribution in [0.4, 0.5) is 0 Å². The molecule has 28 heavy (non-hydrogen) atoms. The van der Waals surface area contributed by atoms with Crippen LogP contribution < -0.4 is 5.32 Å². The number of likely N-dealkylation sites (N-methyl/N-ethyl adjacent to an activating group) is 1. The van der Waals surface area contributed by atoms with Crippen molar-refractivity contribution in [2.45, 2.75) is 37.6 Å². The summed E-state index contributed by atoms with van der Waals surface area (Å²) < 4.78 is 26.1. The predicted molar refractivity (Wildman–Crippen MR) is 104 cm³/mol. The second-order valence-corrected chi connectivity index (χ2v) is 9.26. The first-order valence-corrected chi connectivity index (χ1v) is 10.6. The van der Waals surface area contributed by atoms with Gasteiger partial charge < -0.3 is 10.2 Å². The normalized spacial score (nSPS) is 15.5. The maximum atomic E-state index is 12.6. The SMILES string of the molecule is CC(C)C(=O)N1CCC(NC(=O)CN(C)S(=O)(=O)c2ccc(C#N)cc2)CC1. The number of carbonyl (C=O) groups is 2. The third-order valence-corrected chi connectivity index (χ3v) is 6.54. The lowest BCUT2D eigenvalue weighted by Crippen LogP contribution is -2.49. The fourth-order valence-electron chi connectivity index (χ4n) is 3.05. The zero-order valence-corrected chi connectivity index (χ0v) is 17.2. The fourth-order valence-corrected chi connectivity index (χ4v) is 4.18. The topological polar surface area (TPSA) is 111 Å². The number of benzene rings is 1. The monoisotopic (exact) mass is 406 g/mol. The molecule has 1 aliphatic heterocycles. The van der Waals surface area contributed by atoms with E-state index >= 15 is 0 Å². The summed E-state index contributed by atoms with van der Waals surface area (Å²) in [6.45, 7) is 4.59. The molecule has 9 heteroatoms. The highest BCUT2D eigenvalue weighted by molar-refractivity contribution is 7.89. The molecule has 0 atom stereocenters. The molecule has 0 bridgehead atoms. The standard InChI is InChI=1S/C19H26N4O4S/c1-14(2)19(25)23-10-8-16(9-11-23)21-18(24)13-22(3)28(26,27)17-6-4-15(12-20)5-7-17/h4-7,14,16H,8-11,13H2,1-3H3,(H,21,24). The number of hydrogen-bond donors (Lipinski definition) is 1. The molecule has 2 amide bonds. The summed E-state index contributed by atoms with van der Waals surface area (Å²) in [6, 6.07) is 7.41. The lowest BCUT2D eigenvalue weighted by molar-refractivity contribution is -0.135. The van der Waals surface area contributed by atoms with Crippen LogP contribution >= 0.6 is 0 Å². The molecule has 1 aromatic rings. The van der Waals surface area contributed by atoms with Gasteiger partial charge in [0.05, 0.1) is 23.1 Å². The smallest absolute Gasteiger partial charge is 0.243 e. The molecule has 1 N–H and O–H groups in total. The lowest BCUT2D eigenvalue weighted by atomic mass is 10.0. The van der Waals surface area contributed by atoms with Crippen molar-refractivity contribution < 1.29 is 18.0 Å². The number of likely N-dealkylation sites (tertiary alicyclic amines) is 1. The molecular weight excluding hydrogens is 380 g/mol. The van der Waals surface area contributed by atoms with Crippen LogP contribution in [-0.2, 0) is 19.6 Å². The zero-order chi connectivity index (χ0) is 20.9. The molecule has 1 aliphatic rings. The summed E-state index contributed by atoms with van der Waals surface area (Å²) in [5, 5.41) is 11.7. The van der Waals surface area contributed by atoms with Gasteiger partial charge in [0.2, 0.25) is 21.8 Å². The molecule has 0 aliphatic carbocycles. The van der Waals surface area contributed by atoms with Crippen molar-refractivity contribution in [2.75, 3.05) is 26.7 Å². The summed E-state index contributed by atoms with van der Waals surface area (Å²) >= 11 is 0. The average Bonchev–Trinajstić information content (AvgIpc) is 2.67. The van der Waals surface area contributed by atoms with Crippen LogP contribution in [0, 0.1) is 17.2 Å². The first-order chi connectivity index (χ1) is 13.1. The highest BCUT2D eigenvalue weighted by Gasteiger charge is 2.27. The molecule has 8 nitrogen and oxygen atoms in total.